The van der Waals surface area contributed by atoms with Gasteiger partial charge in [0.1, 0.15) is 11.8 Å². The SMILES string of the molecule is CC[C@H](C(=O)NCC(C)C)N(Cc1ccc(C)cc1)C(=O)COc1ccc(I)cc1. The zero-order chi connectivity index (χ0) is 22.1. The van der Waals surface area contributed by atoms with Gasteiger partial charge in [0.15, 0.2) is 6.61 Å². The molecule has 0 aliphatic carbocycles. The maximum atomic E-state index is 13.1. The van der Waals surface area contributed by atoms with Crippen LogP contribution in [-0.2, 0) is 16.1 Å². The van der Waals surface area contributed by atoms with E-state index in [1.54, 1.807) is 4.90 Å². The van der Waals surface area contributed by atoms with E-state index in [0.717, 1.165) is 14.7 Å². The lowest BCUT2D eigenvalue weighted by Gasteiger charge is -2.31. The number of nitrogens with one attached hydrogen (secondary N) is 1. The highest BCUT2D eigenvalue weighted by atomic mass is 127. The maximum Gasteiger partial charge on any atom is 0.261 e. The number of nitrogens with zero attached hydrogens (tertiary/aromatic N) is 1. The number of ether oxygens (including phenoxy) is 1. The molecule has 2 aromatic rings. The Morgan fingerprint density at radius 1 is 1.07 bits per heavy atom. The van der Waals surface area contributed by atoms with Crippen molar-refractivity contribution in [1.29, 1.82) is 0 Å². The monoisotopic (exact) mass is 522 g/mol. The third-order valence-corrected chi connectivity index (χ3v) is 5.44. The molecule has 0 aliphatic rings. The first-order valence-corrected chi connectivity index (χ1v) is 11.4. The molecule has 0 unspecified atom stereocenters. The number of carbonyl (C=O) groups is 2. The zero-order valence-electron chi connectivity index (χ0n) is 18.2. The van der Waals surface area contributed by atoms with Crippen LogP contribution in [0.5, 0.6) is 5.75 Å². The number of hydrogen-bond acceptors (Lipinski definition) is 3. The lowest BCUT2D eigenvalue weighted by molar-refractivity contribution is -0.143. The van der Waals surface area contributed by atoms with Crippen LogP contribution in [0.2, 0.25) is 0 Å². The molecule has 0 saturated heterocycles. The quantitative estimate of drug-likeness (QED) is 0.466. The third kappa shape index (κ3) is 7.63. The van der Waals surface area contributed by atoms with E-state index in [1.165, 1.54) is 0 Å². The van der Waals surface area contributed by atoms with Crippen molar-refractivity contribution < 1.29 is 14.3 Å². The fourth-order valence-electron chi connectivity index (χ4n) is 2.99. The number of hydrogen-bond donors (Lipinski definition) is 1. The molecule has 0 fully saturated rings. The summed E-state index contributed by atoms with van der Waals surface area (Å²) in [6.45, 7) is 8.88. The molecule has 1 atom stereocenters. The molecule has 0 spiro atoms. The van der Waals surface area contributed by atoms with Crippen molar-refractivity contribution in [3.63, 3.8) is 0 Å². The lowest BCUT2D eigenvalue weighted by atomic mass is 10.1. The lowest BCUT2D eigenvalue weighted by Crippen LogP contribution is -2.50. The number of benzene rings is 2. The summed E-state index contributed by atoms with van der Waals surface area (Å²) in [6, 6.07) is 15.0. The van der Waals surface area contributed by atoms with Gasteiger partial charge in [0, 0.05) is 16.7 Å². The Morgan fingerprint density at radius 3 is 2.27 bits per heavy atom. The molecular formula is C24H31IN2O3. The largest absolute Gasteiger partial charge is 0.484 e. The second-order valence-electron chi connectivity index (χ2n) is 7.81. The van der Waals surface area contributed by atoms with Crippen LogP contribution in [0.4, 0.5) is 0 Å². The minimum absolute atomic E-state index is 0.111. The van der Waals surface area contributed by atoms with Crippen LogP contribution in [0.3, 0.4) is 0 Å². The van der Waals surface area contributed by atoms with Crippen molar-refractivity contribution in [3.8, 4) is 5.75 Å². The van der Waals surface area contributed by atoms with Gasteiger partial charge < -0.3 is 15.0 Å². The topological polar surface area (TPSA) is 58.6 Å². The smallest absolute Gasteiger partial charge is 0.261 e. The fraction of sp³-hybridized carbons (Fsp3) is 0.417. The third-order valence-electron chi connectivity index (χ3n) is 4.72. The molecule has 6 heteroatoms. The molecule has 0 aliphatic heterocycles. The van der Waals surface area contributed by atoms with Crippen LogP contribution in [-0.4, -0.2) is 35.9 Å². The minimum atomic E-state index is -0.544. The maximum absolute atomic E-state index is 13.1. The number of carbonyl (C=O) groups excluding carboxylic acids is 2. The Morgan fingerprint density at radius 2 is 1.70 bits per heavy atom. The summed E-state index contributed by atoms with van der Waals surface area (Å²) in [5.74, 6) is 0.648. The summed E-state index contributed by atoms with van der Waals surface area (Å²) in [5, 5.41) is 2.97. The Kier molecular flexibility index (Phi) is 9.62. The number of rotatable bonds is 10. The predicted octanol–water partition coefficient (Wildman–Crippen LogP) is 4.56. The molecule has 0 bridgehead atoms. The fourth-order valence-corrected chi connectivity index (χ4v) is 3.35. The van der Waals surface area contributed by atoms with Crippen molar-refractivity contribution in [3.05, 3.63) is 63.2 Å². The van der Waals surface area contributed by atoms with Gasteiger partial charge in [0.05, 0.1) is 0 Å². The normalized spacial score (nSPS) is 11.8. The van der Waals surface area contributed by atoms with Crippen LogP contribution >= 0.6 is 22.6 Å². The molecule has 2 rings (SSSR count). The molecule has 0 radical (unpaired) electrons. The van der Waals surface area contributed by atoms with Gasteiger partial charge in [-0.05, 0) is 71.7 Å². The van der Waals surface area contributed by atoms with Crippen molar-refractivity contribution in [2.75, 3.05) is 13.2 Å². The van der Waals surface area contributed by atoms with E-state index >= 15 is 0 Å². The van der Waals surface area contributed by atoms with E-state index in [9.17, 15) is 9.59 Å². The summed E-state index contributed by atoms with van der Waals surface area (Å²) >= 11 is 2.22. The van der Waals surface area contributed by atoms with Gasteiger partial charge in [-0.25, -0.2) is 0 Å². The molecular weight excluding hydrogens is 491 g/mol. The van der Waals surface area contributed by atoms with Gasteiger partial charge in [-0.1, -0.05) is 50.6 Å². The number of aryl methyl sites for hydroxylation is 1. The van der Waals surface area contributed by atoms with Crippen LogP contribution in [0.15, 0.2) is 48.5 Å². The van der Waals surface area contributed by atoms with Crippen molar-refractivity contribution in [2.45, 2.75) is 46.7 Å². The van der Waals surface area contributed by atoms with E-state index < -0.39 is 6.04 Å². The Bertz CT molecular complexity index is 819. The van der Waals surface area contributed by atoms with Gasteiger partial charge in [0.2, 0.25) is 5.91 Å². The molecule has 162 valence electrons. The van der Waals surface area contributed by atoms with Crippen LogP contribution in [0.25, 0.3) is 0 Å². The van der Waals surface area contributed by atoms with Gasteiger partial charge in [-0.15, -0.1) is 0 Å². The number of halogens is 1. The molecule has 30 heavy (non-hydrogen) atoms. The first-order chi connectivity index (χ1) is 14.3. The summed E-state index contributed by atoms with van der Waals surface area (Å²) in [4.78, 5) is 27.6. The summed E-state index contributed by atoms with van der Waals surface area (Å²) in [6.07, 6.45) is 0.533. The number of amides is 2. The highest BCUT2D eigenvalue weighted by molar-refractivity contribution is 14.1. The predicted molar refractivity (Wildman–Crippen MR) is 128 cm³/mol. The summed E-state index contributed by atoms with van der Waals surface area (Å²) < 4.78 is 6.80. The average Bonchev–Trinajstić information content (AvgIpc) is 2.72. The molecule has 0 saturated carbocycles. The van der Waals surface area contributed by atoms with Gasteiger partial charge in [-0.3, -0.25) is 9.59 Å². The molecule has 0 heterocycles. The van der Waals surface area contributed by atoms with E-state index in [2.05, 4.69) is 27.9 Å². The van der Waals surface area contributed by atoms with Gasteiger partial charge in [0.25, 0.3) is 5.91 Å². The van der Waals surface area contributed by atoms with Crippen LogP contribution in [0, 0.1) is 16.4 Å². The molecule has 2 amide bonds. The van der Waals surface area contributed by atoms with Crippen molar-refractivity contribution in [2.24, 2.45) is 5.92 Å². The highest BCUT2D eigenvalue weighted by Crippen LogP contribution is 2.16. The second-order valence-corrected chi connectivity index (χ2v) is 9.06. The van der Waals surface area contributed by atoms with Gasteiger partial charge in [-0.2, -0.15) is 0 Å². The minimum Gasteiger partial charge on any atom is -0.484 e. The van der Waals surface area contributed by atoms with Crippen LogP contribution < -0.4 is 10.1 Å². The molecule has 0 aromatic heterocycles. The average molecular weight is 522 g/mol. The van der Waals surface area contributed by atoms with Crippen molar-refractivity contribution >= 4 is 34.4 Å². The first-order valence-electron chi connectivity index (χ1n) is 10.3. The summed E-state index contributed by atoms with van der Waals surface area (Å²) in [5.41, 5.74) is 2.14. The molecule has 1 N–H and O–H groups in total. The van der Waals surface area contributed by atoms with Crippen molar-refractivity contribution in [1.82, 2.24) is 10.2 Å². The molecule has 5 nitrogen and oxygen atoms in total. The zero-order valence-corrected chi connectivity index (χ0v) is 20.3. The van der Waals surface area contributed by atoms with Crippen LogP contribution in [0.1, 0.15) is 38.3 Å². The Hall–Kier alpha value is -2.09. The molecule has 2 aromatic carbocycles. The van der Waals surface area contributed by atoms with E-state index in [0.29, 0.717) is 31.2 Å². The van der Waals surface area contributed by atoms with E-state index in [4.69, 9.17) is 4.74 Å². The summed E-state index contributed by atoms with van der Waals surface area (Å²) in [7, 11) is 0. The standard InChI is InChI=1S/C24H31IN2O3/c1-5-22(24(29)26-14-17(2)3)27(15-19-8-6-18(4)7-9-19)23(28)16-30-21-12-10-20(25)11-13-21/h6-13,17,22H,5,14-16H2,1-4H3,(H,26,29)/t22-/m1/s1. The Balaban J connectivity index is 2.17. The first kappa shape index (κ1) is 24.2. The highest BCUT2D eigenvalue weighted by Gasteiger charge is 2.29. The van der Waals surface area contributed by atoms with Gasteiger partial charge >= 0.3 is 0 Å². The Labute approximate surface area is 193 Å². The van der Waals surface area contributed by atoms with E-state index in [-0.39, 0.29) is 18.4 Å². The second kappa shape index (κ2) is 11.9. The van der Waals surface area contributed by atoms with E-state index in [1.807, 2.05) is 76.2 Å².